The molecule has 0 saturated carbocycles. The van der Waals surface area contributed by atoms with Gasteiger partial charge in [0, 0.05) is 43.6 Å². The molecular formula is C18H21N5. The highest BCUT2D eigenvalue weighted by Gasteiger charge is 2.14. The Balaban J connectivity index is 1.59. The van der Waals surface area contributed by atoms with Crippen molar-refractivity contribution in [3.63, 3.8) is 0 Å². The Morgan fingerprint density at radius 3 is 2.39 bits per heavy atom. The van der Waals surface area contributed by atoms with Crippen LogP contribution in [0.25, 0.3) is 17.0 Å². The summed E-state index contributed by atoms with van der Waals surface area (Å²) in [7, 11) is 2.18. The fourth-order valence-electron chi connectivity index (χ4n) is 2.99. The Hall–Kier alpha value is -2.40. The highest BCUT2D eigenvalue weighted by molar-refractivity contribution is 5.62. The molecule has 1 aromatic carbocycles. The number of pyridine rings is 1. The zero-order chi connectivity index (χ0) is 15.8. The van der Waals surface area contributed by atoms with Gasteiger partial charge in [0.15, 0.2) is 11.5 Å². The molecule has 1 aliphatic rings. The normalized spacial score (nSPS) is 16.2. The number of anilines is 1. The molecule has 0 radical (unpaired) electrons. The summed E-state index contributed by atoms with van der Waals surface area (Å²) < 4.78 is 1.85. The summed E-state index contributed by atoms with van der Waals surface area (Å²) in [5.41, 5.74) is 4.40. The predicted octanol–water partition coefficient (Wildman–Crippen LogP) is 2.46. The lowest BCUT2D eigenvalue weighted by molar-refractivity contribution is 0.313. The van der Waals surface area contributed by atoms with Gasteiger partial charge >= 0.3 is 0 Å². The summed E-state index contributed by atoms with van der Waals surface area (Å²) >= 11 is 0. The van der Waals surface area contributed by atoms with Gasteiger partial charge in [0.25, 0.3) is 0 Å². The first-order valence-electron chi connectivity index (χ1n) is 8.06. The smallest absolute Gasteiger partial charge is 0.182 e. The summed E-state index contributed by atoms with van der Waals surface area (Å²) in [5.74, 6) is 0.778. The van der Waals surface area contributed by atoms with Gasteiger partial charge in [0.1, 0.15) is 0 Å². The van der Waals surface area contributed by atoms with Crippen LogP contribution in [0.5, 0.6) is 0 Å². The van der Waals surface area contributed by atoms with Gasteiger partial charge in [-0.2, -0.15) is 0 Å². The number of aromatic nitrogens is 3. The van der Waals surface area contributed by atoms with E-state index in [9.17, 15) is 0 Å². The average molecular weight is 307 g/mol. The number of likely N-dealkylation sites (N-methyl/N-ethyl adjacent to an activating group) is 1. The van der Waals surface area contributed by atoms with Gasteiger partial charge < -0.3 is 9.80 Å². The minimum absolute atomic E-state index is 0.778. The molecule has 5 nitrogen and oxygen atoms in total. The van der Waals surface area contributed by atoms with Crippen LogP contribution in [0.4, 0.5) is 5.69 Å². The predicted molar refractivity (Wildman–Crippen MR) is 92.9 cm³/mol. The molecule has 0 aliphatic carbocycles. The van der Waals surface area contributed by atoms with E-state index in [1.807, 2.05) is 16.8 Å². The molecule has 5 heteroatoms. The molecule has 0 bridgehead atoms. The van der Waals surface area contributed by atoms with E-state index in [4.69, 9.17) is 0 Å². The highest BCUT2D eigenvalue weighted by Crippen LogP contribution is 2.22. The SMILES string of the molecule is Cc1ccc2nc(-c3ccc(N4CCN(C)CC4)cc3)nn2c1. The molecule has 1 fully saturated rings. The maximum atomic E-state index is 4.61. The van der Waals surface area contributed by atoms with Gasteiger partial charge in [-0.1, -0.05) is 6.07 Å². The Bertz CT molecular complexity index is 813. The number of fused-ring (bicyclic) bond motifs is 1. The second-order valence-corrected chi connectivity index (χ2v) is 6.28. The maximum Gasteiger partial charge on any atom is 0.182 e. The van der Waals surface area contributed by atoms with Crippen molar-refractivity contribution in [1.29, 1.82) is 0 Å². The number of rotatable bonds is 2. The zero-order valence-electron chi connectivity index (χ0n) is 13.6. The average Bonchev–Trinajstić information content (AvgIpc) is 2.99. The van der Waals surface area contributed by atoms with Crippen molar-refractivity contribution in [2.24, 2.45) is 0 Å². The number of benzene rings is 1. The van der Waals surface area contributed by atoms with Crippen molar-refractivity contribution in [3.8, 4) is 11.4 Å². The van der Waals surface area contributed by atoms with E-state index in [2.05, 4.69) is 64.2 Å². The van der Waals surface area contributed by atoms with Gasteiger partial charge in [0.05, 0.1) is 0 Å². The van der Waals surface area contributed by atoms with Crippen LogP contribution >= 0.6 is 0 Å². The van der Waals surface area contributed by atoms with Crippen molar-refractivity contribution in [2.75, 3.05) is 38.1 Å². The van der Waals surface area contributed by atoms with Gasteiger partial charge in [-0.15, -0.1) is 5.10 Å². The Labute approximate surface area is 136 Å². The molecule has 3 heterocycles. The lowest BCUT2D eigenvalue weighted by Gasteiger charge is -2.34. The summed E-state index contributed by atoms with van der Waals surface area (Å²) in [6.07, 6.45) is 2.00. The van der Waals surface area contributed by atoms with E-state index < -0.39 is 0 Å². The van der Waals surface area contributed by atoms with Gasteiger partial charge in [0.2, 0.25) is 0 Å². The number of hydrogen-bond donors (Lipinski definition) is 0. The van der Waals surface area contributed by atoms with Crippen molar-refractivity contribution >= 4 is 11.3 Å². The van der Waals surface area contributed by atoms with Crippen LogP contribution in [0.2, 0.25) is 0 Å². The van der Waals surface area contributed by atoms with E-state index >= 15 is 0 Å². The second-order valence-electron chi connectivity index (χ2n) is 6.28. The van der Waals surface area contributed by atoms with Gasteiger partial charge in [-0.25, -0.2) is 9.50 Å². The van der Waals surface area contributed by atoms with E-state index in [-0.39, 0.29) is 0 Å². The molecule has 2 aromatic heterocycles. The first kappa shape index (κ1) is 14.2. The van der Waals surface area contributed by atoms with E-state index in [0.717, 1.165) is 43.2 Å². The molecule has 1 aliphatic heterocycles. The molecule has 0 spiro atoms. The van der Waals surface area contributed by atoms with E-state index in [0.29, 0.717) is 0 Å². The van der Waals surface area contributed by atoms with E-state index in [1.165, 1.54) is 11.3 Å². The fraction of sp³-hybridized carbons (Fsp3) is 0.333. The monoisotopic (exact) mass is 307 g/mol. The molecule has 118 valence electrons. The first-order chi connectivity index (χ1) is 11.2. The second kappa shape index (κ2) is 5.66. The third-order valence-corrected chi connectivity index (χ3v) is 4.47. The Morgan fingerprint density at radius 2 is 1.65 bits per heavy atom. The summed E-state index contributed by atoms with van der Waals surface area (Å²) in [6.45, 7) is 6.47. The lowest BCUT2D eigenvalue weighted by atomic mass is 10.1. The van der Waals surface area contributed by atoms with Gasteiger partial charge in [-0.05, 0) is 49.9 Å². The van der Waals surface area contributed by atoms with Crippen LogP contribution in [-0.4, -0.2) is 52.7 Å². The molecule has 0 unspecified atom stereocenters. The topological polar surface area (TPSA) is 36.7 Å². The molecule has 4 rings (SSSR count). The number of aryl methyl sites for hydroxylation is 1. The quantitative estimate of drug-likeness (QED) is 0.729. The fourth-order valence-corrected chi connectivity index (χ4v) is 2.99. The van der Waals surface area contributed by atoms with Crippen LogP contribution in [0, 0.1) is 6.92 Å². The lowest BCUT2D eigenvalue weighted by Crippen LogP contribution is -2.44. The third-order valence-electron chi connectivity index (χ3n) is 4.47. The van der Waals surface area contributed by atoms with Crippen LogP contribution in [-0.2, 0) is 0 Å². The number of hydrogen-bond acceptors (Lipinski definition) is 4. The molecular weight excluding hydrogens is 286 g/mol. The zero-order valence-corrected chi connectivity index (χ0v) is 13.6. The number of piperazine rings is 1. The highest BCUT2D eigenvalue weighted by atomic mass is 15.3. The summed E-state index contributed by atoms with van der Waals surface area (Å²) in [5, 5.41) is 4.58. The van der Waals surface area contributed by atoms with Crippen molar-refractivity contribution in [2.45, 2.75) is 6.92 Å². The minimum Gasteiger partial charge on any atom is -0.369 e. The number of nitrogens with zero attached hydrogens (tertiary/aromatic N) is 5. The molecule has 1 saturated heterocycles. The first-order valence-corrected chi connectivity index (χ1v) is 8.06. The van der Waals surface area contributed by atoms with Crippen LogP contribution in [0.3, 0.4) is 0 Å². The standard InChI is InChI=1S/C18H21N5/c1-14-3-8-17-19-18(20-23(17)13-14)15-4-6-16(7-5-15)22-11-9-21(2)10-12-22/h3-8,13H,9-12H2,1-2H3. The molecule has 3 aromatic rings. The Morgan fingerprint density at radius 1 is 0.913 bits per heavy atom. The summed E-state index contributed by atoms with van der Waals surface area (Å²) in [6, 6.07) is 12.7. The third kappa shape index (κ3) is 2.80. The molecule has 0 amide bonds. The summed E-state index contributed by atoms with van der Waals surface area (Å²) in [4.78, 5) is 9.41. The molecule has 0 atom stereocenters. The van der Waals surface area contributed by atoms with Crippen molar-refractivity contribution in [3.05, 3.63) is 48.2 Å². The molecule has 23 heavy (non-hydrogen) atoms. The van der Waals surface area contributed by atoms with Crippen LogP contribution in [0.1, 0.15) is 5.56 Å². The largest absolute Gasteiger partial charge is 0.369 e. The Kier molecular flexibility index (Phi) is 3.50. The molecule has 0 N–H and O–H groups in total. The minimum atomic E-state index is 0.778. The van der Waals surface area contributed by atoms with E-state index in [1.54, 1.807) is 0 Å². The van der Waals surface area contributed by atoms with Crippen LogP contribution in [0.15, 0.2) is 42.6 Å². The van der Waals surface area contributed by atoms with Crippen molar-refractivity contribution in [1.82, 2.24) is 19.5 Å². The maximum absolute atomic E-state index is 4.61. The van der Waals surface area contributed by atoms with Crippen molar-refractivity contribution < 1.29 is 0 Å². The van der Waals surface area contributed by atoms with Crippen LogP contribution < -0.4 is 4.90 Å². The van der Waals surface area contributed by atoms with Gasteiger partial charge in [-0.3, -0.25) is 0 Å².